The molecule has 1 N–H and O–H groups in total. The summed E-state index contributed by atoms with van der Waals surface area (Å²) in [6.45, 7) is 2.99. The van der Waals surface area contributed by atoms with E-state index in [1.807, 2.05) is 6.07 Å². The number of thioether (sulfide) groups is 1. The molecule has 1 unspecified atom stereocenters. The molecule has 0 saturated carbocycles. The topological polar surface area (TPSA) is 99.5 Å². The van der Waals surface area contributed by atoms with Crippen molar-refractivity contribution in [3.8, 4) is 6.07 Å². The first-order valence-electron chi connectivity index (χ1n) is 11.0. The van der Waals surface area contributed by atoms with Gasteiger partial charge in [-0.25, -0.2) is 4.79 Å². The van der Waals surface area contributed by atoms with Crippen LogP contribution in [0, 0.1) is 11.3 Å². The molecule has 1 heterocycles. The molecule has 172 valence electrons. The fraction of sp³-hybridized carbons (Fsp3) is 0.360. The third-order valence-corrected chi connectivity index (χ3v) is 6.36. The average Bonchev–Trinajstić information content (AvgIpc) is 3.12. The lowest BCUT2D eigenvalue weighted by molar-refractivity contribution is -0.139. The number of hydrogen-bond acceptors (Lipinski definition) is 6. The summed E-state index contributed by atoms with van der Waals surface area (Å²) in [5.41, 5.74) is 1.31. The predicted octanol–water partition coefficient (Wildman–Crippen LogP) is 4.24. The zero-order valence-corrected chi connectivity index (χ0v) is 19.4. The minimum Gasteiger partial charge on any atom is -0.449 e. The van der Waals surface area contributed by atoms with Crippen molar-refractivity contribution in [2.75, 3.05) is 24.2 Å². The fourth-order valence-corrected chi connectivity index (χ4v) is 4.43. The fourth-order valence-electron chi connectivity index (χ4n) is 3.59. The Hall–Kier alpha value is -3.31. The molecule has 1 saturated heterocycles. The SMILES string of the molecule is CC(OC(=O)c1ccccc1SCC(=O)Nc1cccc(C#N)c1)C(=O)N1CCCCCC1. The van der Waals surface area contributed by atoms with Crippen LogP contribution in [0.3, 0.4) is 0 Å². The Morgan fingerprint density at radius 3 is 2.55 bits per heavy atom. The normalized spacial score (nSPS) is 14.5. The molecule has 2 aromatic rings. The standard InChI is InChI=1S/C25H27N3O4S/c1-18(24(30)28-13-6-2-3-7-14-28)32-25(31)21-11-4-5-12-22(21)33-17-23(29)27-20-10-8-9-19(15-20)16-26/h4-5,8-12,15,18H,2-3,6-7,13-14,17H2,1H3,(H,27,29). The van der Waals surface area contributed by atoms with Crippen molar-refractivity contribution in [3.05, 3.63) is 59.7 Å². The second kappa shape index (κ2) is 12.1. The molecule has 0 aromatic heterocycles. The van der Waals surface area contributed by atoms with E-state index in [0.29, 0.717) is 34.8 Å². The molecule has 0 aliphatic carbocycles. The van der Waals surface area contributed by atoms with E-state index in [2.05, 4.69) is 5.32 Å². The first kappa shape index (κ1) is 24.3. The predicted molar refractivity (Wildman–Crippen MR) is 127 cm³/mol. The van der Waals surface area contributed by atoms with Gasteiger partial charge in [0.15, 0.2) is 6.10 Å². The van der Waals surface area contributed by atoms with Crippen molar-refractivity contribution in [2.45, 2.75) is 43.6 Å². The van der Waals surface area contributed by atoms with Crippen LogP contribution in [0.25, 0.3) is 0 Å². The molecule has 2 amide bonds. The summed E-state index contributed by atoms with van der Waals surface area (Å²) >= 11 is 1.21. The Labute approximate surface area is 198 Å². The van der Waals surface area contributed by atoms with Gasteiger partial charge in [-0.15, -0.1) is 11.8 Å². The number of benzene rings is 2. The van der Waals surface area contributed by atoms with Crippen LogP contribution in [-0.2, 0) is 14.3 Å². The van der Waals surface area contributed by atoms with Crippen LogP contribution in [-0.4, -0.2) is 47.6 Å². The van der Waals surface area contributed by atoms with Crippen LogP contribution in [0.1, 0.15) is 48.5 Å². The van der Waals surface area contributed by atoms with Crippen molar-refractivity contribution in [1.29, 1.82) is 5.26 Å². The van der Waals surface area contributed by atoms with Gasteiger partial charge in [-0.2, -0.15) is 5.26 Å². The number of hydrogen-bond donors (Lipinski definition) is 1. The molecular formula is C25H27N3O4S. The Morgan fingerprint density at radius 2 is 1.82 bits per heavy atom. The van der Waals surface area contributed by atoms with Gasteiger partial charge in [0.1, 0.15) is 0 Å². The summed E-state index contributed by atoms with van der Waals surface area (Å²) < 4.78 is 5.49. The summed E-state index contributed by atoms with van der Waals surface area (Å²) in [4.78, 5) is 40.2. The number of nitrogens with zero attached hydrogens (tertiary/aromatic N) is 2. The molecule has 2 aromatic carbocycles. The van der Waals surface area contributed by atoms with Gasteiger partial charge in [-0.05, 0) is 50.1 Å². The zero-order valence-electron chi connectivity index (χ0n) is 18.6. The minimum atomic E-state index is -0.871. The lowest BCUT2D eigenvalue weighted by Gasteiger charge is -2.24. The Bertz CT molecular complexity index is 1040. The van der Waals surface area contributed by atoms with Crippen molar-refractivity contribution in [2.24, 2.45) is 0 Å². The number of rotatable bonds is 7. The van der Waals surface area contributed by atoms with Crippen LogP contribution in [0.15, 0.2) is 53.4 Å². The van der Waals surface area contributed by atoms with Crippen LogP contribution >= 0.6 is 11.8 Å². The number of carbonyl (C=O) groups is 3. The largest absolute Gasteiger partial charge is 0.449 e. The zero-order chi connectivity index (χ0) is 23.6. The van der Waals surface area contributed by atoms with Gasteiger partial charge in [0, 0.05) is 23.7 Å². The van der Waals surface area contributed by atoms with Gasteiger partial charge in [-0.1, -0.05) is 31.0 Å². The maximum absolute atomic E-state index is 12.8. The molecule has 3 rings (SSSR count). The molecule has 1 fully saturated rings. The second-order valence-corrected chi connectivity index (χ2v) is 8.83. The monoisotopic (exact) mass is 465 g/mol. The van der Waals surface area contributed by atoms with Gasteiger partial charge >= 0.3 is 5.97 Å². The third kappa shape index (κ3) is 7.09. The van der Waals surface area contributed by atoms with Crippen molar-refractivity contribution < 1.29 is 19.1 Å². The summed E-state index contributed by atoms with van der Waals surface area (Å²) in [5, 5.41) is 11.7. The number of esters is 1. The van der Waals surface area contributed by atoms with E-state index in [9.17, 15) is 14.4 Å². The van der Waals surface area contributed by atoms with E-state index in [-0.39, 0.29) is 17.6 Å². The van der Waals surface area contributed by atoms with Crippen molar-refractivity contribution in [1.82, 2.24) is 4.90 Å². The number of nitrogens with one attached hydrogen (secondary N) is 1. The summed E-state index contributed by atoms with van der Waals surface area (Å²) in [6.07, 6.45) is 3.29. The number of anilines is 1. The highest BCUT2D eigenvalue weighted by Gasteiger charge is 2.26. The van der Waals surface area contributed by atoms with Crippen LogP contribution in [0.2, 0.25) is 0 Å². The van der Waals surface area contributed by atoms with E-state index < -0.39 is 12.1 Å². The summed E-state index contributed by atoms with van der Waals surface area (Å²) in [5.74, 6) is -0.947. The lowest BCUT2D eigenvalue weighted by atomic mass is 10.2. The van der Waals surface area contributed by atoms with Crippen LogP contribution in [0.5, 0.6) is 0 Å². The average molecular weight is 466 g/mol. The van der Waals surface area contributed by atoms with E-state index >= 15 is 0 Å². The highest BCUT2D eigenvalue weighted by atomic mass is 32.2. The number of amides is 2. The smallest absolute Gasteiger partial charge is 0.340 e. The lowest BCUT2D eigenvalue weighted by Crippen LogP contribution is -2.40. The van der Waals surface area contributed by atoms with Gasteiger partial charge in [0.2, 0.25) is 5.91 Å². The highest BCUT2D eigenvalue weighted by Crippen LogP contribution is 2.24. The molecule has 7 nitrogen and oxygen atoms in total. The quantitative estimate of drug-likeness (QED) is 0.485. The van der Waals surface area contributed by atoms with Crippen LogP contribution in [0.4, 0.5) is 5.69 Å². The molecule has 0 bridgehead atoms. The second-order valence-electron chi connectivity index (χ2n) is 7.81. The van der Waals surface area contributed by atoms with Crippen molar-refractivity contribution in [3.63, 3.8) is 0 Å². The van der Waals surface area contributed by atoms with E-state index in [0.717, 1.165) is 25.7 Å². The molecule has 0 radical (unpaired) electrons. The molecular weight excluding hydrogens is 438 g/mol. The number of nitriles is 1. The molecule has 1 aliphatic rings. The van der Waals surface area contributed by atoms with Crippen LogP contribution < -0.4 is 5.32 Å². The van der Waals surface area contributed by atoms with Crippen molar-refractivity contribution >= 4 is 35.2 Å². The van der Waals surface area contributed by atoms with Gasteiger partial charge in [-0.3, -0.25) is 9.59 Å². The molecule has 1 aliphatic heterocycles. The Kier molecular flexibility index (Phi) is 8.90. The molecule has 1 atom stereocenters. The first-order valence-corrected chi connectivity index (χ1v) is 12.0. The van der Waals surface area contributed by atoms with E-state index in [1.54, 1.807) is 60.4 Å². The molecule has 33 heavy (non-hydrogen) atoms. The van der Waals surface area contributed by atoms with E-state index in [4.69, 9.17) is 10.00 Å². The number of carbonyl (C=O) groups excluding carboxylic acids is 3. The minimum absolute atomic E-state index is 0.0728. The third-order valence-electron chi connectivity index (χ3n) is 5.29. The first-order chi connectivity index (χ1) is 16.0. The number of likely N-dealkylation sites (tertiary alicyclic amines) is 1. The maximum Gasteiger partial charge on any atom is 0.340 e. The maximum atomic E-state index is 12.8. The number of ether oxygens (including phenoxy) is 1. The van der Waals surface area contributed by atoms with Gasteiger partial charge < -0.3 is 15.0 Å². The molecule has 0 spiro atoms. The van der Waals surface area contributed by atoms with Gasteiger partial charge in [0.25, 0.3) is 5.91 Å². The summed E-state index contributed by atoms with van der Waals surface area (Å²) in [6, 6.07) is 15.5. The highest BCUT2D eigenvalue weighted by molar-refractivity contribution is 8.00. The summed E-state index contributed by atoms with van der Waals surface area (Å²) in [7, 11) is 0. The van der Waals surface area contributed by atoms with E-state index in [1.165, 1.54) is 11.8 Å². The van der Waals surface area contributed by atoms with Gasteiger partial charge in [0.05, 0.1) is 22.9 Å². The Balaban J connectivity index is 1.58. The molecule has 8 heteroatoms. The Morgan fingerprint density at radius 1 is 1.09 bits per heavy atom.